The summed E-state index contributed by atoms with van der Waals surface area (Å²) in [5.41, 5.74) is 0. The summed E-state index contributed by atoms with van der Waals surface area (Å²) in [7, 11) is 5.91. The summed E-state index contributed by atoms with van der Waals surface area (Å²) < 4.78 is 22.8. The SMILES string of the molecule is CC/C=C\C/C=C\C/C=C\C/C=C\C/C=C\C/C=C\C/C=C\C/C=C\C/C=C\CCCCCCCC(=O)OC(COC(=O)CCCCCCCCCCCCCCCC/C=C\C/C=C\C/C=C\C/C=C\C/C=C\C/C=C\C/C=C\C/C=C\CC)COC(OCC[N+](C)(C)C)C(=O)[O-]. The quantitative estimate of drug-likeness (QED) is 0.0195. The number of hydrogen-bond acceptors (Lipinski definition) is 8. The van der Waals surface area contributed by atoms with E-state index in [-0.39, 0.29) is 38.6 Å². The number of carboxylic acids is 1. The number of carbonyl (C=O) groups excluding carboxylic acids is 3. The van der Waals surface area contributed by atoms with E-state index in [1.165, 1.54) is 77.0 Å². The van der Waals surface area contributed by atoms with Crippen LogP contribution in [0.2, 0.25) is 0 Å². The second-order valence-electron chi connectivity index (χ2n) is 25.8. The second kappa shape index (κ2) is 75.6. The monoisotopic (exact) mass is 1340 g/mol. The van der Waals surface area contributed by atoms with E-state index in [9.17, 15) is 19.5 Å². The zero-order valence-corrected chi connectivity index (χ0v) is 62.1. The first kappa shape index (κ1) is 90.9. The molecule has 0 saturated carbocycles. The Hall–Kier alpha value is -6.13. The molecule has 97 heavy (non-hydrogen) atoms. The third-order valence-corrected chi connectivity index (χ3v) is 15.5. The van der Waals surface area contributed by atoms with E-state index in [2.05, 4.69) is 220 Å². The fraction of sp³-hybridized carbons (Fsp3) is 0.580. The predicted molar refractivity (Wildman–Crippen MR) is 416 cm³/mol. The van der Waals surface area contributed by atoms with E-state index in [0.29, 0.717) is 17.4 Å². The van der Waals surface area contributed by atoms with Crippen molar-refractivity contribution in [1.29, 1.82) is 0 Å². The predicted octanol–water partition coefficient (Wildman–Crippen LogP) is 23.4. The number of nitrogens with zero attached hydrogens (tertiary/aromatic N) is 1. The summed E-state index contributed by atoms with van der Waals surface area (Å²) in [5.74, 6) is -2.33. The molecule has 0 radical (unpaired) electrons. The Morgan fingerprint density at radius 1 is 0.309 bits per heavy atom. The average Bonchev–Trinajstić information content (AvgIpc) is 2.59. The van der Waals surface area contributed by atoms with Crippen molar-refractivity contribution >= 4 is 17.9 Å². The lowest BCUT2D eigenvalue weighted by Crippen LogP contribution is -2.44. The molecule has 2 unspecified atom stereocenters. The molecule has 9 heteroatoms. The first-order valence-electron chi connectivity index (χ1n) is 38.2. The van der Waals surface area contributed by atoms with Gasteiger partial charge in [-0.25, -0.2) is 0 Å². The number of rotatable bonds is 68. The van der Waals surface area contributed by atoms with Crippen molar-refractivity contribution in [3.63, 3.8) is 0 Å². The Bertz CT molecular complexity index is 2350. The maximum absolute atomic E-state index is 13.0. The van der Waals surface area contributed by atoms with E-state index in [1.54, 1.807) is 0 Å². The Labute approximate surface area is 594 Å². The van der Waals surface area contributed by atoms with Crippen LogP contribution in [0.3, 0.4) is 0 Å². The Balaban J connectivity index is 4.17. The van der Waals surface area contributed by atoms with Crippen LogP contribution < -0.4 is 5.11 Å². The van der Waals surface area contributed by atoms with Gasteiger partial charge in [0.2, 0.25) is 0 Å². The van der Waals surface area contributed by atoms with Gasteiger partial charge in [0.05, 0.1) is 40.3 Å². The summed E-state index contributed by atoms with van der Waals surface area (Å²) in [6.45, 7) is 4.48. The van der Waals surface area contributed by atoms with Gasteiger partial charge < -0.3 is 33.3 Å². The molecule has 2 atom stereocenters. The van der Waals surface area contributed by atoms with Crippen LogP contribution in [0.25, 0.3) is 0 Å². The summed E-state index contributed by atoms with van der Waals surface area (Å²) in [4.78, 5) is 37.6. The smallest absolute Gasteiger partial charge is 0.306 e. The highest BCUT2D eigenvalue weighted by atomic mass is 16.7. The van der Waals surface area contributed by atoms with E-state index in [0.717, 1.165) is 161 Å². The highest BCUT2D eigenvalue weighted by molar-refractivity contribution is 5.70. The molecule has 0 N–H and O–H groups in total. The minimum absolute atomic E-state index is 0.133. The third-order valence-electron chi connectivity index (χ3n) is 15.5. The fourth-order valence-electron chi connectivity index (χ4n) is 9.78. The van der Waals surface area contributed by atoms with Gasteiger partial charge in [0.25, 0.3) is 0 Å². The van der Waals surface area contributed by atoms with Crippen LogP contribution in [0.1, 0.15) is 271 Å². The summed E-state index contributed by atoms with van der Waals surface area (Å²) in [6, 6.07) is 0. The number of carboxylic acid groups (broad SMARTS) is 1. The number of aliphatic carboxylic acids is 1. The van der Waals surface area contributed by atoms with Crippen LogP contribution in [-0.4, -0.2) is 82.3 Å². The molecule has 0 aliphatic rings. The Morgan fingerprint density at radius 2 is 0.557 bits per heavy atom. The van der Waals surface area contributed by atoms with Crippen LogP contribution in [0.15, 0.2) is 207 Å². The van der Waals surface area contributed by atoms with E-state index in [4.69, 9.17) is 18.9 Å². The first-order chi connectivity index (χ1) is 47.6. The molecule has 0 bridgehead atoms. The first-order valence-corrected chi connectivity index (χ1v) is 38.2. The normalized spacial score (nSPS) is 13.9. The van der Waals surface area contributed by atoms with Crippen molar-refractivity contribution in [2.24, 2.45) is 0 Å². The van der Waals surface area contributed by atoms with Gasteiger partial charge in [-0.15, -0.1) is 0 Å². The minimum Gasteiger partial charge on any atom is -0.545 e. The molecule has 544 valence electrons. The zero-order valence-electron chi connectivity index (χ0n) is 62.1. The summed E-state index contributed by atoms with van der Waals surface area (Å²) >= 11 is 0. The second-order valence-corrected chi connectivity index (χ2v) is 25.8. The van der Waals surface area contributed by atoms with Gasteiger partial charge in [0, 0.05) is 12.8 Å². The molecule has 0 aliphatic heterocycles. The zero-order chi connectivity index (χ0) is 70.4. The van der Waals surface area contributed by atoms with Gasteiger partial charge in [-0.3, -0.25) is 9.59 Å². The maximum atomic E-state index is 13.0. The van der Waals surface area contributed by atoms with Crippen LogP contribution in [-0.2, 0) is 33.3 Å². The summed E-state index contributed by atoms with van der Waals surface area (Å²) in [6.07, 6.45) is 115. The number of carbonyl (C=O) groups is 3. The molecular formula is C88H139NO8. The standard InChI is InChI=1S/C88H139NO8/c1-6-8-10-12-14-16-18-20-22-24-26-28-30-32-34-36-38-40-41-42-43-44-45-47-48-50-52-54-56-58-60-62-64-66-68-70-72-74-76-78-85(90)95-82-84(83-96-88(87(92)93)94-81-80-89(3,4)5)97-86(91)79-77-75-73-71-69-67-65-63-61-59-57-55-53-51-49-46-39-37-35-33-31-29-27-25-23-21-19-17-15-13-11-9-7-2/h8-11,14-17,20-23,26-29,32-35,38-40,42-43,45-47,51,53,57,59,63,65,84,88H,6-7,12-13,18-19,24-25,30-31,36-37,41,44,48-50,52,54-56,58,60-62,64,66-83H2,1-5H3/b10-8-,11-9-,16-14-,17-15-,22-20-,23-21-,28-26-,29-27-,34-32-,35-33-,40-38-,43-42-,46-39-,47-45-,53-51-,59-57-,65-63-. The van der Waals surface area contributed by atoms with E-state index in [1.807, 2.05) is 21.1 Å². The molecule has 0 aromatic heterocycles. The number of unbranched alkanes of at least 4 members (excludes halogenated alkanes) is 19. The molecule has 0 aromatic carbocycles. The van der Waals surface area contributed by atoms with Crippen molar-refractivity contribution in [2.75, 3.05) is 47.5 Å². The molecule has 0 aliphatic carbocycles. The lowest BCUT2D eigenvalue weighted by Gasteiger charge is -2.26. The molecular weight excluding hydrogens is 1200 g/mol. The molecule has 0 rings (SSSR count). The molecule has 0 amide bonds. The van der Waals surface area contributed by atoms with Gasteiger partial charge in [0.1, 0.15) is 13.2 Å². The van der Waals surface area contributed by atoms with E-state index < -0.39 is 24.3 Å². The van der Waals surface area contributed by atoms with Crippen LogP contribution >= 0.6 is 0 Å². The number of ether oxygens (including phenoxy) is 4. The molecule has 0 heterocycles. The van der Waals surface area contributed by atoms with Gasteiger partial charge in [-0.1, -0.05) is 317 Å². The lowest BCUT2D eigenvalue weighted by atomic mass is 10.0. The van der Waals surface area contributed by atoms with Gasteiger partial charge >= 0.3 is 11.9 Å². The Morgan fingerprint density at radius 3 is 0.825 bits per heavy atom. The number of likely N-dealkylation sites (N-methyl/N-ethyl adjacent to an activating group) is 1. The summed E-state index contributed by atoms with van der Waals surface area (Å²) in [5, 5.41) is 11.9. The molecule has 0 saturated heterocycles. The minimum atomic E-state index is -1.64. The van der Waals surface area contributed by atoms with Crippen molar-refractivity contribution in [3.8, 4) is 0 Å². The fourth-order valence-corrected chi connectivity index (χ4v) is 9.78. The van der Waals surface area contributed by atoms with Crippen LogP contribution in [0, 0.1) is 0 Å². The van der Waals surface area contributed by atoms with E-state index >= 15 is 0 Å². The number of hydrogen-bond donors (Lipinski definition) is 0. The number of esters is 2. The van der Waals surface area contributed by atoms with Crippen LogP contribution in [0.5, 0.6) is 0 Å². The molecule has 9 nitrogen and oxygen atoms in total. The molecule has 0 fully saturated rings. The van der Waals surface area contributed by atoms with Gasteiger partial charge in [0.15, 0.2) is 12.4 Å². The maximum Gasteiger partial charge on any atom is 0.306 e. The largest absolute Gasteiger partial charge is 0.545 e. The number of allylic oxidation sites excluding steroid dienone is 34. The topological polar surface area (TPSA) is 111 Å². The number of quaternary nitrogens is 1. The van der Waals surface area contributed by atoms with Gasteiger partial charge in [-0.05, 0) is 148 Å². The third kappa shape index (κ3) is 77.1. The van der Waals surface area contributed by atoms with Gasteiger partial charge in [-0.2, -0.15) is 0 Å². The van der Waals surface area contributed by atoms with Crippen molar-refractivity contribution < 1.29 is 42.9 Å². The molecule has 0 spiro atoms. The highest BCUT2D eigenvalue weighted by Crippen LogP contribution is 2.16. The van der Waals surface area contributed by atoms with Crippen molar-refractivity contribution in [3.05, 3.63) is 207 Å². The molecule has 0 aromatic rings. The highest BCUT2D eigenvalue weighted by Gasteiger charge is 2.22. The van der Waals surface area contributed by atoms with Crippen molar-refractivity contribution in [1.82, 2.24) is 0 Å². The van der Waals surface area contributed by atoms with Crippen LogP contribution in [0.4, 0.5) is 0 Å². The average molecular weight is 1340 g/mol. The van der Waals surface area contributed by atoms with Crippen molar-refractivity contribution in [2.45, 2.75) is 283 Å². The lowest BCUT2D eigenvalue weighted by molar-refractivity contribution is -0.870. The Kier molecular flexibility index (Phi) is 70.9.